The summed E-state index contributed by atoms with van der Waals surface area (Å²) in [6, 6.07) is 6.11. The molecule has 1 aliphatic heterocycles. The van der Waals surface area contributed by atoms with Crippen LogP contribution in [-0.2, 0) is 13.6 Å². The lowest BCUT2D eigenvalue weighted by atomic mass is 9.95. The van der Waals surface area contributed by atoms with Gasteiger partial charge in [-0.25, -0.2) is 14.1 Å². The second kappa shape index (κ2) is 7.26. The van der Waals surface area contributed by atoms with Crippen LogP contribution in [0.15, 0.2) is 36.9 Å². The number of piperidine rings is 1. The lowest BCUT2D eigenvalue weighted by molar-refractivity contribution is 0.0705. The van der Waals surface area contributed by atoms with E-state index in [-0.39, 0.29) is 17.4 Å². The second-order valence-corrected chi connectivity index (χ2v) is 6.67. The van der Waals surface area contributed by atoms with Crippen molar-refractivity contribution in [2.24, 2.45) is 7.05 Å². The minimum atomic E-state index is -0.476. The van der Waals surface area contributed by atoms with Crippen molar-refractivity contribution in [1.29, 1.82) is 0 Å². The van der Waals surface area contributed by atoms with Crippen LogP contribution in [0.1, 0.15) is 40.8 Å². The summed E-state index contributed by atoms with van der Waals surface area (Å²) in [5.41, 5.74) is 0.129. The van der Waals surface area contributed by atoms with Gasteiger partial charge in [0.05, 0.1) is 5.56 Å². The van der Waals surface area contributed by atoms with Gasteiger partial charge in [-0.2, -0.15) is 5.10 Å². The molecule has 0 atom stereocenters. The Morgan fingerprint density at radius 1 is 1.22 bits per heavy atom. The molecule has 1 amide bonds. The number of aromatic nitrogens is 6. The van der Waals surface area contributed by atoms with Crippen LogP contribution < -0.4 is 0 Å². The highest BCUT2D eigenvalue weighted by molar-refractivity contribution is 5.94. The molecule has 0 saturated carbocycles. The number of rotatable bonds is 4. The Morgan fingerprint density at radius 2 is 2.00 bits per heavy atom. The van der Waals surface area contributed by atoms with Crippen molar-refractivity contribution >= 4 is 5.91 Å². The third-order valence-corrected chi connectivity index (χ3v) is 5.02. The van der Waals surface area contributed by atoms with E-state index in [0.29, 0.717) is 19.6 Å². The molecule has 0 unspecified atom stereocenters. The summed E-state index contributed by atoms with van der Waals surface area (Å²) in [5.74, 6) is 1.20. The van der Waals surface area contributed by atoms with E-state index in [4.69, 9.17) is 0 Å². The van der Waals surface area contributed by atoms with E-state index in [9.17, 15) is 9.18 Å². The van der Waals surface area contributed by atoms with Gasteiger partial charge in [0.25, 0.3) is 5.91 Å². The predicted molar refractivity (Wildman–Crippen MR) is 94.4 cm³/mol. The molecule has 1 fully saturated rings. The quantitative estimate of drug-likeness (QED) is 0.698. The molecule has 8 nitrogen and oxygen atoms in total. The van der Waals surface area contributed by atoms with E-state index < -0.39 is 5.82 Å². The Bertz CT molecular complexity index is 929. The van der Waals surface area contributed by atoms with Gasteiger partial charge >= 0.3 is 0 Å². The number of hydrogen-bond donors (Lipinski definition) is 0. The molecule has 0 aliphatic carbocycles. The number of likely N-dealkylation sites (tertiary alicyclic amines) is 1. The molecule has 1 aliphatic rings. The van der Waals surface area contributed by atoms with Gasteiger partial charge in [0, 0.05) is 26.1 Å². The zero-order chi connectivity index (χ0) is 18.8. The summed E-state index contributed by atoms with van der Waals surface area (Å²) in [7, 11) is 1.94. The van der Waals surface area contributed by atoms with Crippen LogP contribution in [0.25, 0.3) is 0 Å². The fraction of sp³-hybridized carbons (Fsp3) is 0.389. The maximum absolute atomic E-state index is 13.9. The Labute approximate surface area is 155 Å². The van der Waals surface area contributed by atoms with Crippen LogP contribution >= 0.6 is 0 Å². The van der Waals surface area contributed by atoms with E-state index in [0.717, 1.165) is 24.5 Å². The van der Waals surface area contributed by atoms with Crippen molar-refractivity contribution in [3.05, 3.63) is 59.9 Å². The Morgan fingerprint density at radius 3 is 2.70 bits per heavy atom. The first-order valence-corrected chi connectivity index (χ1v) is 8.88. The normalized spacial score (nSPS) is 15.3. The van der Waals surface area contributed by atoms with E-state index in [1.165, 1.54) is 18.5 Å². The molecule has 1 saturated heterocycles. The lowest BCUT2D eigenvalue weighted by Crippen LogP contribution is -2.38. The zero-order valence-electron chi connectivity index (χ0n) is 15.0. The van der Waals surface area contributed by atoms with Crippen LogP contribution in [-0.4, -0.2) is 53.4 Å². The largest absolute Gasteiger partial charge is 0.339 e. The maximum Gasteiger partial charge on any atom is 0.256 e. The molecule has 1 aromatic carbocycles. The molecule has 3 aromatic rings. The fourth-order valence-corrected chi connectivity index (χ4v) is 3.47. The van der Waals surface area contributed by atoms with Crippen molar-refractivity contribution in [3.63, 3.8) is 0 Å². The number of nitrogens with zero attached hydrogens (tertiary/aromatic N) is 7. The molecule has 0 radical (unpaired) electrons. The Hall–Kier alpha value is -3.10. The number of halogens is 1. The third-order valence-electron chi connectivity index (χ3n) is 5.02. The molecular formula is C18H20FN7O. The molecular weight excluding hydrogens is 349 g/mol. The first kappa shape index (κ1) is 17.3. The summed E-state index contributed by atoms with van der Waals surface area (Å²) >= 11 is 0. The summed E-state index contributed by atoms with van der Waals surface area (Å²) in [6.07, 6.45) is 4.67. The number of carbonyl (C=O) groups excluding carboxylic acids is 1. The predicted octanol–water partition coefficient (Wildman–Crippen LogP) is 1.61. The maximum atomic E-state index is 13.9. The van der Waals surface area contributed by atoms with Gasteiger partial charge in [0.1, 0.15) is 30.8 Å². The SMILES string of the molecule is Cn1c(Cn2cncn2)nnc1C1CCN(C(=O)c2ccccc2F)CC1. The highest BCUT2D eigenvalue weighted by Crippen LogP contribution is 2.28. The van der Waals surface area contributed by atoms with Gasteiger partial charge in [0.15, 0.2) is 5.82 Å². The average molecular weight is 369 g/mol. The van der Waals surface area contributed by atoms with Gasteiger partial charge in [-0.3, -0.25) is 4.79 Å². The molecule has 9 heteroatoms. The molecule has 0 N–H and O–H groups in total. The molecule has 0 spiro atoms. The standard InChI is InChI=1S/C18H20FN7O/c1-24-16(10-26-12-20-11-21-26)22-23-17(24)13-6-8-25(9-7-13)18(27)14-4-2-3-5-15(14)19/h2-5,11-13H,6-10H2,1H3. The minimum absolute atomic E-state index is 0.129. The van der Waals surface area contributed by atoms with Gasteiger partial charge in [-0.1, -0.05) is 12.1 Å². The number of hydrogen-bond acceptors (Lipinski definition) is 5. The van der Waals surface area contributed by atoms with Crippen LogP contribution in [0.3, 0.4) is 0 Å². The Balaban J connectivity index is 1.42. The first-order chi connectivity index (χ1) is 13.1. The van der Waals surface area contributed by atoms with Crippen molar-refractivity contribution in [2.45, 2.75) is 25.3 Å². The third kappa shape index (κ3) is 3.44. The van der Waals surface area contributed by atoms with Crippen LogP contribution in [0.2, 0.25) is 0 Å². The van der Waals surface area contributed by atoms with Gasteiger partial charge in [0.2, 0.25) is 0 Å². The van der Waals surface area contributed by atoms with Gasteiger partial charge < -0.3 is 9.47 Å². The van der Waals surface area contributed by atoms with E-state index in [2.05, 4.69) is 20.3 Å². The highest BCUT2D eigenvalue weighted by atomic mass is 19.1. The lowest BCUT2D eigenvalue weighted by Gasteiger charge is -2.31. The molecule has 4 rings (SSSR count). The smallest absolute Gasteiger partial charge is 0.256 e. The van der Waals surface area contributed by atoms with Crippen LogP contribution in [0.5, 0.6) is 0 Å². The number of carbonyl (C=O) groups is 1. The fourth-order valence-electron chi connectivity index (χ4n) is 3.47. The van der Waals surface area contributed by atoms with Crippen molar-refractivity contribution in [2.75, 3.05) is 13.1 Å². The van der Waals surface area contributed by atoms with Crippen LogP contribution in [0, 0.1) is 5.82 Å². The van der Waals surface area contributed by atoms with Crippen molar-refractivity contribution in [1.82, 2.24) is 34.4 Å². The van der Waals surface area contributed by atoms with Crippen molar-refractivity contribution < 1.29 is 9.18 Å². The second-order valence-electron chi connectivity index (χ2n) is 6.67. The topological polar surface area (TPSA) is 81.7 Å². The van der Waals surface area contributed by atoms with E-state index in [1.807, 2.05) is 11.6 Å². The number of amides is 1. The summed E-state index contributed by atoms with van der Waals surface area (Å²) in [4.78, 5) is 18.2. The summed E-state index contributed by atoms with van der Waals surface area (Å²) in [6.45, 7) is 1.65. The molecule has 0 bridgehead atoms. The van der Waals surface area contributed by atoms with E-state index >= 15 is 0 Å². The zero-order valence-corrected chi connectivity index (χ0v) is 15.0. The monoisotopic (exact) mass is 369 g/mol. The van der Waals surface area contributed by atoms with Gasteiger partial charge in [-0.05, 0) is 25.0 Å². The average Bonchev–Trinajstić information content (AvgIpc) is 3.33. The first-order valence-electron chi connectivity index (χ1n) is 8.88. The van der Waals surface area contributed by atoms with Crippen LogP contribution in [0.4, 0.5) is 4.39 Å². The minimum Gasteiger partial charge on any atom is -0.339 e. The molecule has 3 heterocycles. The molecule has 2 aromatic heterocycles. The molecule has 27 heavy (non-hydrogen) atoms. The highest BCUT2D eigenvalue weighted by Gasteiger charge is 2.28. The Kier molecular flexibility index (Phi) is 4.66. The van der Waals surface area contributed by atoms with Gasteiger partial charge in [-0.15, -0.1) is 10.2 Å². The number of benzene rings is 1. The summed E-state index contributed by atoms with van der Waals surface area (Å²) in [5, 5.41) is 12.7. The van der Waals surface area contributed by atoms with E-state index in [1.54, 1.807) is 28.0 Å². The molecule has 140 valence electrons. The van der Waals surface area contributed by atoms with Crippen molar-refractivity contribution in [3.8, 4) is 0 Å². The summed E-state index contributed by atoms with van der Waals surface area (Å²) < 4.78 is 17.6.